The lowest BCUT2D eigenvalue weighted by atomic mass is 10.0. The number of carbonyl (C=O) groups excluding carboxylic acids is 2. The SMILES string of the molecule is CC(C)c1ccc(N2CCN(C(=O)c3ccccc3F)[C@@H](C)C2=O)cc1. The summed E-state index contributed by atoms with van der Waals surface area (Å²) in [6.07, 6.45) is 0. The number of anilines is 1. The number of hydrogen-bond acceptors (Lipinski definition) is 2. The zero-order valence-electron chi connectivity index (χ0n) is 15.3. The minimum Gasteiger partial charge on any atom is -0.325 e. The van der Waals surface area contributed by atoms with Gasteiger partial charge in [-0.3, -0.25) is 9.59 Å². The molecule has 1 atom stereocenters. The maximum absolute atomic E-state index is 13.9. The summed E-state index contributed by atoms with van der Waals surface area (Å²) in [4.78, 5) is 28.6. The van der Waals surface area contributed by atoms with Crippen LogP contribution in [0.5, 0.6) is 0 Å². The highest BCUT2D eigenvalue weighted by atomic mass is 19.1. The average molecular weight is 354 g/mol. The Morgan fingerprint density at radius 2 is 1.73 bits per heavy atom. The van der Waals surface area contributed by atoms with E-state index in [2.05, 4.69) is 13.8 Å². The van der Waals surface area contributed by atoms with E-state index in [1.54, 1.807) is 24.0 Å². The first-order chi connectivity index (χ1) is 12.4. The largest absolute Gasteiger partial charge is 0.325 e. The molecule has 0 unspecified atom stereocenters. The summed E-state index contributed by atoms with van der Waals surface area (Å²) in [7, 11) is 0. The van der Waals surface area contributed by atoms with Crippen LogP contribution in [-0.4, -0.2) is 35.8 Å². The zero-order chi connectivity index (χ0) is 18.8. The van der Waals surface area contributed by atoms with E-state index in [1.165, 1.54) is 22.6 Å². The van der Waals surface area contributed by atoms with Crippen molar-refractivity contribution in [2.24, 2.45) is 0 Å². The summed E-state index contributed by atoms with van der Waals surface area (Å²) in [6, 6.07) is 13.2. The van der Waals surface area contributed by atoms with Gasteiger partial charge in [-0.05, 0) is 42.7 Å². The molecule has 0 aromatic heterocycles. The first kappa shape index (κ1) is 18.1. The van der Waals surface area contributed by atoms with Crippen molar-refractivity contribution in [3.05, 3.63) is 65.5 Å². The second-order valence-electron chi connectivity index (χ2n) is 6.89. The Kier molecular flexibility index (Phi) is 5.07. The Morgan fingerprint density at radius 3 is 2.35 bits per heavy atom. The highest BCUT2D eigenvalue weighted by Crippen LogP contribution is 2.24. The minimum absolute atomic E-state index is 0.00175. The molecule has 2 aromatic rings. The molecule has 136 valence electrons. The van der Waals surface area contributed by atoms with Crippen LogP contribution in [0.15, 0.2) is 48.5 Å². The molecule has 1 aliphatic rings. The lowest BCUT2D eigenvalue weighted by Crippen LogP contribution is -2.57. The summed E-state index contributed by atoms with van der Waals surface area (Å²) < 4.78 is 13.9. The van der Waals surface area contributed by atoms with Gasteiger partial charge in [0, 0.05) is 18.8 Å². The van der Waals surface area contributed by atoms with E-state index in [9.17, 15) is 14.0 Å². The summed E-state index contributed by atoms with van der Waals surface area (Å²) in [5.74, 6) is -0.741. The van der Waals surface area contributed by atoms with Crippen molar-refractivity contribution in [2.75, 3.05) is 18.0 Å². The quantitative estimate of drug-likeness (QED) is 0.841. The summed E-state index contributed by atoms with van der Waals surface area (Å²) in [6.45, 7) is 6.69. The van der Waals surface area contributed by atoms with Gasteiger partial charge in [-0.1, -0.05) is 38.1 Å². The molecule has 1 aliphatic heterocycles. The zero-order valence-corrected chi connectivity index (χ0v) is 15.3. The Labute approximate surface area is 153 Å². The molecule has 0 aliphatic carbocycles. The second-order valence-corrected chi connectivity index (χ2v) is 6.89. The highest BCUT2D eigenvalue weighted by Gasteiger charge is 2.36. The van der Waals surface area contributed by atoms with Crippen molar-refractivity contribution >= 4 is 17.5 Å². The molecule has 3 rings (SSSR count). The molecule has 0 bridgehead atoms. The molecule has 0 N–H and O–H groups in total. The third-order valence-electron chi connectivity index (χ3n) is 4.89. The van der Waals surface area contributed by atoms with E-state index in [0.717, 1.165) is 5.69 Å². The monoisotopic (exact) mass is 354 g/mol. The first-order valence-corrected chi connectivity index (χ1v) is 8.87. The van der Waals surface area contributed by atoms with Crippen LogP contribution in [0.25, 0.3) is 0 Å². The number of benzene rings is 2. The predicted molar refractivity (Wildman–Crippen MR) is 99.8 cm³/mol. The van der Waals surface area contributed by atoms with Gasteiger partial charge in [-0.2, -0.15) is 0 Å². The predicted octanol–water partition coefficient (Wildman–Crippen LogP) is 3.83. The summed E-state index contributed by atoms with van der Waals surface area (Å²) in [5, 5.41) is 0. The van der Waals surface area contributed by atoms with Crippen LogP contribution in [0.3, 0.4) is 0 Å². The van der Waals surface area contributed by atoms with Crippen molar-refractivity contribution in [1.82, 2.24) is 4.90 Å². The molecule has 5 heteroatoms. The highest BCUT2D eigenvalue weighted by molar-refractivity contribution is 6.03. The van der Waals surface area contributed by atoms with E-state index in [0.29, 0.717) is 19.0 Å². The molecule has 1 fully saturated rings. The normalized spacial score (nSPS) is 17.7. The molecule has 4 nitrogen and oxygen atoms in total. The van der Waals surface area contributed by atoms with Crippen LogP contribution in [0.1, 0.15) is 42.6 Å². The van der Waals surface area contributed by atoms with Gasteiger partial charge in [-0.25, -0.2) is 4.39 Å². The van der Waals surface area contributed by atoms with Crippen molar-refractivity contribution in [1.29, 1.82) is 0 Å². The van der Waals surface area contributed by atoms with Crippen molar-refractivity contribution in [3.63, 3.8) is 0 Å². The van der Waals surface area contributed by atoms with Crippen LogP contribution in [-0.2, 0) is 4.79 Å². The van der Waals surface area contributed by atoms with Crippen LogP contribution in [0.4, 0.5) is 10.1 Å². The van der Waals surface area contributed by atoms with Gasteiger partial charge in [0.1, 0.15) is 11.9 Å². The third kappa shape index (κ3) is 3.34. The molecule has 0 saturated carbocycles. The number of hydrogen-bond donors (Lipinski definition) is 0. The Bertz CT molecular complexity index is 817. The van der Waals surface area contributed by atoms with E-state index in [-0.39, 0.29) is 11.5 Å². The van der Waals surface area contributed by atoms with Crippen LogP contribution >= 0.6 is 0 Å². The number of carbonyl (C=O) groups is 2. The Hall–Kier alpha value is -2.69. The molecular weight excluding hydrogens is 331 g/mol. The van der Waals surface area contributed by atoms with E-state index >= 15 is 0 Å². The molecule has 0 radical (unpaired) electrons. The topological polar surface area (TPSA) is 40.6 Å². The fraction of sp³-hybridized carbons (Fsp3) is 0.333. The van der Waals surface area contributed by atoms with Gasteiger partial charge in [0.15, 0.2) is 0 Å². The van der Waals surface area contributed by atoms with Crippen molar-refractivity contribution in [2.45, 2.75) is 32.7 Å². The molecule has 2 amide bonds. The van der Waals surface area contributed by atoms with Crippen LogP contribution < -0.4 is 4.90 Å². The number of halogens is 1. The molecule has 2 aromatic carbocycles. The van der Waals surface area contributed by atoms with Gasteiger partial charge >= 0.3 is 0 Å². The average Bonchev–Trinajstić information content (AvgIpc) is 2.64. The second kappa shape index (κ2) is 7.28. The smallest absolute Gasteiger partial charge is 0.257 e. The fourth-order valence-corrected chi connectivity index (χ4v) is 3.23. The van der Waals surface area contributed by atoms with Crippen LogP contribution in [0.2, 0.25) is 0 Å². The summed E-state index contributed by atoms with van der Waals surface area (Å²) in [5.41, 5.74) is 2.04. The van der Waals surface area contributed by atoms with Gasteiger partial charge in [0.25, 0.3) is 5.91 Å². The van der Waals surface area contributed by atoms with Crippen LogP contribution in [0, 0.1) is 5.82 Å². The first-order valence-electron chi connectivity index (χ1n) is 8.87. The maximum atomic E-state index is 13.9. The minimum atomic E-state index is -0.638. The molecule has 1 heterocycles. The lowest BCUT2D eigenvalue weighted by Gasteiger charge is -2.39. The number of amides is 2. The van der Waals surface area contributed by atoms with E-state index in [4.69, 9.17) is 0 Å². The summed E-state index contributed by atoms with van der Waals surface area (Å²) >= 11 is 0. The Balaban J connectivity index is 1.78. The molecular formula is C21H23FN2O2. The van der Waals surface area contributed by atoms with Crippen molar-refractivity contribution < 1.29 is 14.0 Å². The van der Waals surface area contributed by atoms with Crippen molar-refractivity contribution in [3.8, 4) is 0 Å². The third-order valence-corrected chi connectivity index (χ3v) is 4.89. The maximum Gasteiger partial charge on any atom is 0.257 e. The standard InChI is InChI=1S/C21H23FN2O2/c1-14(2)16-8-10-17(11-9-16)24-13-12-23(15(3)20(24)25)21(26)18-6-4-5-7-19(18)22/h4-11,14-15H,12-13H2,1-3H3/t15-/m0/s1. The van der Waals surface area contributed by atoms with Gasteiger partial charge in [0.2, 0.25) is 5.91 Å². The van der Waals surface area contributed by atoms with Gasteiger partial charge < -0.3 is 9.80 Å². The molecule has 0 spiro atoms. The lowest BCUT2D eigenvalue weighted by molar-refractivity contribution is -0.124. The fourth-order valence-electron chi connectivity index (χ4n) is 3.23. The van der Waals surface area contributed by atoms with E-state index < -0.39 is 17.8 Å². The number of piperazine rings is 1. The van der Waals surface area contributed by atoms with E-state index in [1.807, 2.05) is 24.3 Å². The van der Waals surface area contributed by atoms with Gasteiger partial charge in [-0.15, -0.1) is 0 Å². The molecule has 1 saturated heterocycles. The number of nitrogens with zero attached hydrogens (tertiary/aromatic N) is 2. The number of rotatable bonds is 3. The van der Waals surface area contributed by atoms with Gasteiger partial charge in [0.05, 0.1) is 5.56 Å². The Morgan fingerprint density at radius 1 is 1.08 bits per heavy atom. The molecule has 26 heavy (non-hydrogen) atoms.